The minimum absolute atomic E-state index is 0.0112. The Hall–Kier alpha value is -2.44. The first-order valence-corrected chi connectivity index (χ1v) is 8.84. The molecule has 1 saturated heterocycles. The third-order valence-corrected chi connectivity index (χ3v) is 4.66. The molecule has 2 aromatic heterocycles. The second-order valence-electron chi connectivity index (χ2n) is 6.53. The highest BCUT2D eigenvalue weighted by atomic mass is 35.5. The highest BCUT2D eigenvalue weighted by Crippen LogP contribution is 2.30. The Morgan fingerprint density at radius 3 is 2.50 bits per heavy atom. The number of furan rings is 1. The number of rotatable bonds is 2. The van der Waals surface area contributed by atoms with E-state index in [2.05, 4.69) is 9.97 Å². The number of amides is 1. The zero-order chi connectivity index (χ0) is 18.3. The first-order chi connectivity index (χ1) is 12.5. The Morgan fingerprint density at radius 2 is 1.85 bits per heavy atom. The fourth-order valence-corrected chi connectivity index (χ4v) is 3.45. The molecule has 6 nitrogen and oxygen atoms in total. The van der Waals surface area contributed by atoms with Gasteiger partial charge in [-0.3, -0.25) is 4.79 Å². The van der Waals surface area contributed by atoms with E-state index in [1.165, 1.54) is 6.33 Å². The smallest absolute Gasteiger partial charge is 0.254 e. The van der Waals surface area contributed by atoms with Gasteiger partial charge in [-0.15, -0.1) is 0 Å². The van der Waals surface area contributed by atoms with Gasteiger partial charge < -0.3 is 14.1 Å². The Kier molecular flexibility index (Phi) is 4.38. The van der Waals surface area contributed by atoms with Crippen LogP contribution in [-0.4, -0.2) is 46.1 Å². The second kappa shape index (κ2) is 6.70. The topological polar surface area (TPSA) is 68.5 Å². The fraction of sp³-hybridized carbons (Fsp3) is 0.316. The molecule has 1 aromatic carbocycles. The van der Waals surface area contributed by atoms with E-state index < -0.39 is 0 Å². The van der Waals surface area contributed by atoms with Gasteiger partial charge >= 0.3 is 0 Å². The summed E-state index contributed by atoms with van der Waals surface area (Å²) in [4.78, 5) is 22.6. The normalized spacial score (nSPS) is 20.5. The average Bonchev–Trinajstić information content (AvgIpc) is 3.06. The van der Waals surface area contributed by atoms with Crippen LogP contribution in [0.25, 0.3) is 22.4 Å². The number of hydrogen-bond acceptors (Lipinski definition) is 5. The Morgan fingerprint density at radius 1 is 1.15 bits per heavy atom. The molecule has 0 unspecified atom stereocenters. The third-order valence-electron chi connectivity index (χ3n) is 4.39. The Bertz CT molecular complexity index is 944. The van der Waals surface area contributed by atoms with Crippen molar-refractivity contribution in [2.45, 2.75) is 26.1 Å². The number of hydrogen-bond donors (Lipinski definition) is 0. The largest absolute Gasteiger partial charge is 0.451 e. The number of nitrogens with zero attached hydrogens (tertiary/aromatic N) is 3. The first kappa shape index (κ1) is 17.0. The van der Waals surface area contributed by atoms with Crippen molar-refractivity contribution in [3.05, 3.63) is 47.4 Å². The van der Waals surface area contributed by atoms with E-state index in [0.717, 1.165) is 5.56 Å². The lowest BCUT2D eigenvalue weighted by Crippen LogP contribution is -2.48. The lowest BCUT2D eigenvalue weighted by molar-refractivity contribution is -0.0586. The molecule has 0 N–H and O–H groups in total. The molecule has 7 heteroatoms. The molecule has 1 aliphatic rings. The van der Waals surface area contributed by atoms with Crippen molar-refractivity contribution in [2.75, 3.05) is 13.1 Å². The molecule has 1 aliphatic heterocycles. The van der Waals surface area contributed by atoms with Crippen molar-refractivity contribution >= 4 is 28.6 Å². The van der Waals surface area contributed by atoms with Gasteiger partial charge in [-0.05, 0) is 26.0 Å². The number of aromatic nitrogens is 2. The zero-order valence-corrected chi connectivity index (χ0v) is 15.2. The van der Waals surface area contributed by atoms with E-state index >= 15 is 0 Å². The van der Waals surface area contributed by atoms with Crippen LogP contribution in [0, 0.1) is 0 Å². The predicted molar refractivity (Wildman–Crippen MR) is 98.2 cm³/mol. The molecule has 3 aromatic rings. The van der Waals surface area contributed by atoms with Crippen LogP contribution < -0.4 is 0 Å². The maximum absolute atomic E-state index is 12.7. The highest BCUT2D eigenvalue weighted by Gasteiger charge is 2.26. The summed E-state index contributed by atoms with van der Waals surface area (Å²) in [5.74, 6) is 0.645. The van der Waals surface area contributed by atoms with Crippen molar-refractivity contribution in [1.82, 2.24) is 14.9 Å². The number of benzene rings is 1. The molecule has 0 spiro atoms. The average molecular weight is 372 g/mol. The maximum Gasteiger partial charge on any atom is 0.254 e. The van der Waals surface area contributed by atoms with Gasteiger partial charge in [-0.2, -0.15) is 0 Å². The standard InChI is InChI=1S/C19H18ClN3O3/c1-11-8-23(9-12(2)25-11)19(24)14-5-3-13(4-6-14)16-7-15-17(26-16)18(20)22-10-21-15/h3-7,10-12H,8-9H2,1-2H3/t11-,12+. The summed E-state index contributed by atoms with van der Waals surface area (Å²) in [6.07, 6.45) is 1.49. The summed E-state index contributed by atoms with van der Waals surface area (Å²) in [7, 11) is 0. The van der Waals surface area contributed by atoms with E-state index in [0.29, 0.717) is 35.5 Å². The van der Waals surface area contributed by atoms with E-state index in [1.807, 2.05) is 49.1 Å². The maximum atomic E-state index is 12.7. The molecule has 0 bridgehead atoms. The predicted octanol–water partition coefficient (Wildman–Crippen LogP) is 3.79. The number of ether oxygens (including phenoxy) is 1. The van der Waals surface area contributed by atoms with E-state index in [-0.39, 0.29) is 23.3 Å². The molecule has 26 heavy (non-hydrogen) atoms. The van der Waals surface area contributed by atoms with Crippen LogP contribution in [0.5, 0.6) is 0 Å². The molecule has 1 amide bonds. The lowest BCUT2D eigenvalue weighted by Gasteiger charge is -2.35. The Balaban J connectivity index is 1.58. The molecule has 1 fully saturated rings. The van der Waals surface area contributed by atoms with Crippen molar-refractivity contribution in [2.24, 2.45) is 0 Å². The van der Waals surface area contributed by atoms with Gasteiger partial charge in [0.05, 0.1) is 12.2 Å². The van der Waals surface area contributed by atoms with Gasteiger partial charge in [0.25, 0.3) is 5.91 Å². The molecule has 0 aliphatic carbocycles. The van der Waals surface area contributed by atoms with Gasteiger partial charge in [0.1, 0.15) is 17.6 Å². The van der Waals surface area contributed by atoms with Crippen molar-refractivity contribution in [1.29, 1.82) is 0 Å². The fourth-order valence-electron chi connectivity index (χ4n) is 3.27. The SMILES string of the molecule is C[C@@H]1CN(C(=O)c2ccc(-c3cc4ncnc(Cl)c4o3)cc2)C[C@H](C)O1. The molecular weight excluding hydrogens is 354 g/mol. The van der Waals surface area contributed by atoms with Crippen LogP contribution in [0.15, 0.2) is 41.1 Å². The summed E-state index contributed by atoms with van der Waals surface area (Å²) < 4.78 is 11.5. The molecular formula is C19H18ClN3O3. The van der Waals surface area contributed by atoms with Crippen LogP contribution in [0.4, 0.5) is 0 Å². The van der Waals surface area contributed by atoms with Crippen LogP contribution >= 0.6 is 11.6 Å². The van der Waals surface area contributed by atoms with Crippen LogP contribution in [0.2, 0.25) is 5.15 Å². The summed E-state index contributed by atoms with van der Waals surface area (Å²) >= 11 is 6.03. The quantitative estimate of drug-likeness (QED) is 0.641. The number of morpholine rings is 1. The van der Waals surface area contributed by atoms with Crippen LogP contribution in [0.1, 0.15) is 24.2 Å². The van der Waals surface area contributed by atoms with Gasteiger partial charge in [0.15, 0.2) is 10.7 Å². The number of fused-ring (bicyclic) bond motifs is 1. The summed E-state index contributed by atoms with van der Waals surface area (Å²) in [6, 6.07) is 9.15. The first-order valence-electron chi connectivity index (χ1n) is 8.46. The van der Waals surface area contributed by atoms with Crippen molar-refractivity contribution in [3.63, 3.8) is 0 Å². The highest BCUT2D eigenvalue weighted by molar-refractivity contribution is 6.33. The van der Waals surface area contributed by atoms with E-state index in [4.69, 9.17) is 20.8 Å². The van der Waals surface area contributed by atoms with Gasteiger partial charge in [0.2, 0.25) is 0 Å². The molecule has 0 radical (unpaired) electrons. The van der Waals surface area contributed by atoms with E-state index in [1.54, 1.807) is 0 Å². The molecule has 134 valence electrons. The molecule has 2 atom stereocenters. The summed E-state index contributed by atoms with van der Waals surface area (Å²) in [5, 5.41) is 0.281. The summed E-state index contributed by atoms with van der Waals surface area (Å²) in [5.41, 5.74) is 2.60. The van der Waals surface area contributed by atoms with Crippen molar-refractivity contribution < 1.29 is 13.9 Å². The monoisotopic (exact) mass is 371 g/mol. The molecule has 3 heterocycles. The van der Waals surface area contributed by atoms with Gasteiger partial charge in [-0.1, -0.05) is 23.7 Å². The number of carbonyl (C=O) groups excluding carboxylic acids is 1. The van der Waals surface area contributed by atoms with E-state index in [9.17, 15) is 4.79 Å². The van der Waals surface area contributed by atoms with Crippen molar-refractivity contribution in [3.8, 4) is 11.3 Å². The third kappa shape index (κ3) is 3.18. The minimum atomic E-state index is 0.0112. The number of halogens is 1. The van der Waals surface area contributed by atoms with Crippen LogP contribution in [0.3, 0.4) is 0 Å². The van der Waals surface area contributed by atoms with Crippen LogP contribution in [-0.2, 0) is 4.74 Å². The Labute approximate surface area is 155 Å². The van der Waals surface area contributed by atoms with Gasteiger partial charge in [-0.25, -0.2) is 9.97 Å². The zero-order valence-electron chi connectivity index (χ0n) is 14.5. The second-order valence-corrected chi connectivity index (χ2v) is 6.89. The van der Waals surface area contributed by atoms with Gasteiger partial charge in [0, 0.05) is 30.3 Å². The molecule has 4 rings (SSSR count). The summed E-state index contributed by atoms with van der Waals surface area (Å²) in [6.45, 7) is 5.17. The number of carbonyl (C=O) groups is 1. The molecule has 0 saturated carbocycles. The minimum Gasteiger partial charge on any atom is -0.451 e. The lowest BCUT2D eigenvalue weighted by atomic mass is 10.1.